The Kier molecular flexibility index (Phi) is 8.15. The van der Waals surface area contributed by atoms with Gasteiger partial charge in [0, 0.05) is 30.3 Å². The lowest BCUT2D eigenvalue weighted by molar-refractivity contribution is 0.0692. The number of aliphatic imine (C=N–C) groups is 1. The molecule has 0 saturated carbocycles. The van der Waals surface area contributed by atoms with Gasteiger partial charge in [0.05, 0.1) is 17.6 Å². The fourth-order valence-corrected chi connectivity index (χ4v) is 3.76. The Hall–Kier alpha value is -3.98. The highest BCUT2D eigenvalue weighted by Crippen LogP contribution is 2.24. The Balaban J connectivity index is 1.89. The molecule has 1 amide bonds. The van der Waals surface area contributed by atoms with Gasteiger partial charge in [-0.3, -0.25) is 20.6 Å². The van der Waals surface area contributed by atoms with Crippen LogP contribution in [0.25, 0.3) is 0 Å². The van der Waals surface area contributed by atoms with Crippen LogP contribution in [0.3, 0.4) is 0 Å². The number of nitrogens with one attached hydrogen (secondary N) is 2. The molecule has 178 valence electrons. The van der Waals surface area contributed by atoms with Crippen molar-refractivity contribution in [1.29, 1.82) is 10.8 Å². The zero-order valence-corrected chi connectivity index (χ0v) is 19.4. The summed E-state index contributed by atoms with van der Waals surface area (Å²) in [6, 6.07) is 13.0. The van der Waals surface area contributed by atoms with Gasteiger partial charge in [0.25, 0.3) is 5.91 Å². The first-order chi connectivity index (χ1) is 16.3. The van der Waals surface area contributed by atoms with E-state index in [1.54, 1.807) is 47.5 Å². The SMILES string of the molecule is CC(=N)OC(=N)c1cccc(N=CC(=CN)N(C(=O)c2ccc(O)cc2)C2CCN(C)CC2)c1. The van der Waals surface area contributed by atoms with Gasteiger partial charge in [-0.15, -0.1) is 0 Å². The molecular weight excluding hydrogens is 432 g/mol. The summed E-state index contributed by atoms with van der Waals surface area (Å²) in [4.78, 5) is 21.9. The summed E-state index contributed by atoms with van der Waals surface area (Å²) in [5.74, 6) is -0.349. The van der Waals surface area contributed by atoms with Crippen molar-refractivity contribution in [3.8, 4) is 5.75 Å². The topological polar surface area (TPSA) is 139 Å². The van der Waals surface area contributed by atoms with Crippen LogP contribution in [0.1, 0.15) is 35.7 Å². The summed E-state index contributed by atoms with van der Waals surface area (Å²) in [5.41, 5.74) is 7.90. The first-order valence-corrected chi connectivity index (χ1v) is 11.0. The maximum absolute atomic E-state index is 13.5. The predicted octanol–water partition coefficient (Wildman–Crippen LogP) is 3.47. The van der Waals surface area contributed by atoms with E-state index in [0.717, 1.165) is 25.9 Å². The molecule has 0 radical (unpaired) electrons. The van der Waals surface area contributed by atoms with Crippen molar-refractivity contribution in [2.75, 3.05) is 20.1 Å². The van der Waals surface area contributed by atoms with E-state index < -0.39 is 0 Å². The Morgan fingerprint density at radius 2 is 1.85 bits per heavy atom. The normalized spacial score (nSPS) is 15.3. The van der Waals surface area contributed by atoms with Crippen molar-refractivity contribution in [3.63, 3.8) is 0 Å². The van der Waals surface area contributed by atoms with Crippen molar-refractivity contribution >= 4 is 29.6 Å². The third-order valence-corrected chi connectivity index (χ3v) is 5.54. The second-order valence-electron chi connectivity index (χ2n) is 8.14. The maximum atomic E-state index is 13.5. The fourth-order valence-electron chi connectivity index (χ4n) is 3.76. The minimum atomic E-state index is -0.219. The van der Waals surface area contributed by atoms with E-state index in [1.807, 2.05) is 0 Å². The zero-order valence-electron chi connectivity index (χ0n) is 19.4. The number of aromatic hydroxyl groups is 1. The second-order valence-corrected chi connectivity index (χ2v) is 8.14. The first-order valence-electron chi connectivity index (χ1n) is 11.0. The number of likely N-dealkylation sites (tertiary alicyclic amines) is 1. The minimum absolute atomic E-state index is 0.0535. The minimum Gasteiger partial charge on any atom is -0.508 e. The number of rotatable bonds is 6. The number of phenolic OH excluding ortho intramolecular Hbond substituents is 1. The van der Waals surface area contributed by atoms with Gasteiger partial charge in [0.15, 0.2) is 5.90 Å². The molecule has 1 aliphatic heterocycles. The summed E-state index contributed by atoms with van der Waals surface area (Å²) in [6.07, 6.45) is 4.49. The number of hydrogen-bond donors (Lipinski definition) is 4. The first kappa shape index (κ1) is 24.7. The molecule has 2 aromatic rings. The molecule has 9 nitrogen and oxygen atoms in total. The molecule has 0 unspecified atom stereocenters. The molecule has 9 heteroatoms. The lowest BCUT2D eigenvalue weighted by atomic mass is 10.0. The van der Waals surface area contributed by atoms with Crippen molar-refractivity contribution in [2.45, 2.75) is 25.8 Å². The summed E-state index contributed by atoms with van der Waals surface area (Å²) in [7, 11) is 2.05. The molecule has 1 saturated heterocycles. The van der Waals surface area contributed by atoms with Crippen molar-refractivity contribution in [3.05, 3.63) is 71.6 Å². The van der Waals surface area contributed by atoms with Gasteiger partial charge in [-0.25, -0.2) is 0 Å². The number of piperidine rings is 1. The molecule has 0 aliphatic carbocycles. The number of ether oxygens (including phenoxy) is 1. The van der Waals surface area contributed by atoms with Crippen LogP contribution >= 0.6 is 0 Å². The molecule has 0 atom stereocenters. The maximum Gasteiger partial charge on any atom is 0.258 e. The Morgan fingerprint density at radius 1 is 1.18 bits per heavy atom. The van der Waals surface area contributed by atoms with Crippen LogP contribution in [-0.2, 0) is 4.74 Å². The van der Waals surface area contributed by atoms with Crippen LogP contribution in [0.15, 0.2) is 65.4 Å². The van der Waals surface area contributed by atoms with E-state index in [4.69, 9.17) is 21.3 Å². The smallest absolute Gasteiger partial charge is 0.258 e. The van der Waals surface area contributed by atoms with Crippen molar-refractivity contribution < 1.29 is 14.6 Å². The summed E-state index contributed by atoms with van der Waals surface area (Å²) in [5, 5.41) is 25.0. The highest BCUT2D eigenvalue weighted by Gasteiger charge is 2.30. The van der Waals surface area contributed by atoms with E-state index in [-0.39, 0.29) is 29.5 Å². The van der Waals surface area contributed by atoms with E-state index in [0.29, 0.717) is 22.5 Å². The van der Waals surface area contributed by atoms with Crippen LogP contribution < -0.4 is 5.73 Å². The van der Waals surface area contributed by atoms with E-state index in [1.165, 1.54) is 25.3 Å². The number of amides is 1. The van der Waals surface area contributed by atoms with Crippen LogP contribution in [0, 0.1) is 10.8 Å². The molecule has 5 N–H and O–H groups in total. The number of benzene rings is 2. The van der Waals surface area contributed by atoms with E-state index in [2.05, 4.69) is 16.9 Å². The van der Waals surface area contributed by atoms with Crippen molar-refractivity contribution in [1.82, 2.24) is 9.80 Å². The average molecular weight is 463 g/mol. The second kappa shape index (κ2) is 11.2. The quantitative estimate of drug-likeness (QED) is 0.384. The van der Waals surface area contributed by atoms with Gasteiger partial charge >= 0.3 is 0 Å². The number of hydrogen-bond acceptors (Lipinski definition) is 8. The summed E-state index contributed by atoms with van der Waals surface area (Å²) in [6.45, 7) is 3.17. The molecule has 1 fully saturated rings. The van der Waals surface area contributed by atoms with Gasteiger partial charge in [-0.1, -0.05) is 6.07 Å². The van der Waals surface area contributed by atoms with Gasteiger partial charge in [0.1, 0.15) is 5.75 Å². The third kappa shape index (κ3) is 6.29. The van der Waals surface area contributed by atoms with Crippen LogP contribution in [0.2, 0.25) is 0 Å². The molecule has 1 aliphatic rings. The molecule has 2 aromatic carbocycles. The Morgan fingerprint density at radius 3 is 2.47 bits per heavy atom. The summed E-state index contributed by atoms with van der Waals surface area (Å²) < 4.78 is 5.06. The lowest BCUT2D eigenvalue weighted by Gasteiger charge is -2.37. The number of nitrogens with zero attached hydrogens (tertiary/aromatic N) is 3. The van der Waals surface area contributed by atoms with E-state index >= 15 is 0 Å². The standard InChI is InChI=1S/C25H30N6O3/c1-17(27)34-24(28)19-4-3-5-20(14-19)29-16-22(15-26)31(21-10-12-30(2)13-11-21)25(33)18-6-8-23(32)9-7-18/h3-9,14-16,21,27-28,32H,10-13,26H2,1-2H3. The summed E-state index contributed by atoms with van der Waals surface area (Å²) >= 11 is 0. The zero-order chi connectivity index (χ0) is 24.7. The highest BCUT2D eigenvalue weighted by atomic mass is 16.5. The van der Waals surface area contributed by atoms with Gasteiger partial charge in [-0.05, 0) is 75.4 Å². The van der Waals surface area contributed by atoms with Crippen LogP contribution in [-0.4, -0.2) is 65.0 Å². The number of phenols is 1. The van der Waals surface area contributed by atoms with Crippen molar-refractivity contribution in [2.24, 2.45) is 10.7 Å². The molecular formula is C25H30N6O3. The van der Waals surface area contributed by atoms with Gasteiger partial charge < -0.3 is 25.4 Å². The molecule has 1 heterocycles. The third-order valence-electron chi connectivity index (χ3n) is 5.54. The number of nitrogens with two attached hydrogens (primary N) is 1. The fraction of sp³-hybridized carbons (Fsp3) is 0.280. The number of carbonyl (C=O) groups is 1. The van der Waals surface area contributed by atoms with Gasteiger partial charge in [-0.2, -0.15) is 0 Å². The van der Waals surface area contributed by atoms with Crippen LogP contribution in [0.4, 0.5) is 5.69 Å². The predicted molar refractivity (Wildman–Crippen MR) is 133 cm³/mol. The van der Waals surface area contributed by atoms with E-state index in [9.17, 15) is 9.90 Å². The lowest BCUT2D eigenvalue weighted by Crippen LogP contribution is -2.46. The number of carbonyl (C=O) groups excluding carboxylic acids is 1. The molecule has 34 heavy (non-hydrogen) atoms. The molecule has 0 spiro atoms. The largest absolute Gasteiger partial charge is 0.508 e. The Bertz CT molecular complexity index is 1100. The van der Waals surface area contributed by atoms with Gasteiger partial charge in [0.2, 0.25) is 5.90 Å². The Labute approximate surface area is 199 Å². The average Bonchev–Trinajstić information content (AvgIpc) is 2.82. The number of allylic oxidation sites excluding steroid dienone is 1. The van der Waals surface area contributed by atoms with Crippen LogP contribution in [0.5, 0.6) is 5.75 Å². The molecule has 0 aromatic heterocycles. The monoisotopic (exact) mass is 462 g/mol. The highest BCUT2D eigenvalue weighted by molar-refractivity contribution is 6.00. The molecule has 0 bridgehead atoms. The molecule has 3 rings (SSSR count).